The quantitative estimate of drug-likeness (QED) is 0.719. The predicted molar refractivity (Wildman–Crippen MR) is 124 cm³/mol. The van der Waals surface area contributed by atoms with Gasteiger partial charge in [0.2, 0.25) is 11.8 Å². The largest absolute Gasteiger partial charge is 0.343 e. The van der Waals surface area contributed by atoms with Crippen LogP contribution in [-0.2, 0) is 16.1 Å². The molecule has 0 N–H and O–H groups in total. The number of benzene rings is 1. The molecule has 174 valence electrons. The Labute approximate surface area is 191 Å². The number of likely N-dealkylation sites (tertiary alicyclic amines) is 2. The number of rotatable bonds is 4. The molecule has 2 saturated heterocycles. The van der Waals surface area contributed by atoms with E-state index in [2.05, 4.69) is 4.90 Å². The molecule has 2 unspecified atom stereocenters. The molecule has 0 aromatic heterocycles. The van der Waals surface area contributed by atoms with E-state index in [4.69, 9.17) is 0 Å². The third-order valence-corrected chi connectivity index (χ3v) is 7.79. The molecule has 0 bridgehead atoms. The highest BCUT2D eigenvalue weighted by atomic mass is 16.2. The van der Waals surface area contributed by atoms with Crippen molar-refractivity contribution in [2.45, 2.75) is 70.9 Å². The van der Waals surface area contributed by atoms with Crippen LogP contribution in [0.15, 0.2) is 24.3 Å². The van der Waals surface area contributed by atoms with Crippen LogP contribution in [0, 0.1) is 11.8 Å². The first kappa shape index (κ1) is 22.8. The summed E-state index contributed by atoms with van der Waals surface area (Å²) in [6.45, 7) is 4.32. The molecule has 1 aromatic rings. The lowest BCUT2D eigenvalue weighted by atomic mass is 9.78. The maximum Gasteiger partial charge on any atom is 0.254 e. The number of amides is 3. The molecule has 1 aliphatic carbocycles. The first-order valence-corrected chi connectivity index (χ1v) is 12.3. The van der Waals surface area contributed by atoms with Crippen LogP contribution in [0.2, 0.25) is 0 Å². The minimum atomic E-state index is -0.0148. The second-order valence-corrected chi connectivity index (χ2v) is 9.92. The number of nitrogens with zero attached hydrogens (tertiary/aromatic N) is 3. The highest BCUT2D eigenvalue weighted by Gasteiger charge is 2.36. The minimum absolute atomic E-state index is 0.0148. The number of piperidine rings is 2. The summed E-state index contributed by atoms with van der Waals surface area (Å²) in [5.74, 6) is 1.06. The van der Waals surface area contributed by atoms with E-state index >= 15 is 0 Å². The molecular weight excluding hydrogens is 402 g/mol. The van der Waals surface area contributed by atoms with Crippen molar-refractivity contribution in [1.29, 1.82) is 0 Å². The fourth-order valence-electron chi connectivity index (χ4n) is 5.90. The average Bonchev–Trinajstić information content (AvgIpc) is 2.83. The van der Waals surface area contributed by atoms with Gasteiger partial charge in [-0.2, -0.15) is 0 Å². The van der Waals surface area contributed by atoms with Crippen LogP contribution >= 0.6 is 0 Å². The molecule has 2 atom stereocenters. The van der Waals surface area contributed by atoms with Gasteiger partial charge in [0.05, 0.1) is 0 Å². The third kappa shape index (κ3) is 5.00. The Bertz CT molecular complexity index is 827. The predicted octanol–water partition coefficient (Wildman–Crippen LogP) is 3.70. The lowest BCUT2D eigenvalue weighted by Gasteiger charge is -2.44. The SMILES string of the molecule is CC(=O)N1CCC(C(=O)N(C)Cc2ccc(C(=O)N3CCCC4CCCCC43)cc2)CC1. The summed E-state index contributed by atoms with van der Waals surface area (Å²) in [6.07, 6.45) is 8.79. The summed E-state index contributed by atoms with van der Waals surface area (Å²) in [4.78, 5) is 43.3. The molecular formula is C26H37N3O3. The van der Waals surface area contributed by atoms with Crippen molar-refractivity contribution in [1.82, 2.24) is 14.7 Å². The molecule has 6 heteroatoms. The summed E-state index contributed by atoms with van der Waals surface area (Å²) in [6, 6.07) is 8.24. The standard InChI is InChI=1S/C26H37N3O3/c1-19(30)28-16-13-23(14-17-28)25(31)27(2)18-20-9-11-22(12-10-20)26(32)29-15-5-7-21-6-3-4-8-24(21)29/h9-12,21,23-24H,3-8,13-18H2,1-2H3. The van der Waals surface area contributed by atoms with Crippen molar-refractivity contribution in [3.8, 4) is 0 Å². The van der Waals surface area contributed by atoms with Crippen LogP contribution in [0.4, 0.5) is 0 Å². The normalized spacial score (nSPS) is 24.1. The molecule has 3 aliphatic rings. The van der Waals surface area contributed by atoms with Crippen LogP contribution in [0.1, 0.15) is 74.2 Å². The van der Waals surface area contributed by atoms with Gasteiger partial charge in [-0.3, -0.25) is 14.4 Å². The summed E-state index contributed by atoms with van der Waals surface area (Å²) in [7, 11) is 1.84. The second kappa shape index (κ2) is 10.1. The van der Waals surface area contributed by atoms with Gasteiger partial charge in [0.25, 0.3) is 5.91 Å². The Morgan fingerprint density at radius 1 is 0.906 bits per heavy atom. The zero-order chi connectivity index (χ0) is 22.7. The van der Waals surface area contributed by atoms with Crippen LogP contribution in [0.25, 0.3) is 0 Å². The highest BCUT2D eigenvalue weighted by Crippen LogP contribution is 2.36. The summed E-state index contributed by atoms with van der Waals surface area (Å²) >= 11 is 0. The van der Waals surface area contributed by atoms with Crippen molar-refractivity contribution in [2.24, 2.45) is 11.8 Å². The zero-order valence-electron chi connectivity index (χ0n) is 19.6. The third-order valence-electron chi connectivity index (χ3n) is 7.79. The molecule has 3 amide bonds. The van der Waals surface area contributed by atoms with E-state index in [0.717, 1.165) is 43.4 Å². The second-order valence-electron chi connectivity index (χ2n) is 9.92. The monoisotopic (exact) mass is 439 g/mol. The molecule has 6 nitrogen and oxygen atoms in total. The number of hydrogen-bond acceptors (Lipinski definition) is 3. The number of carbonyl (C=O) groups is 3. The van der Waals surface area contributed by atoms with Gasteiger partial charge in [-0.1, -0.05) is 25.0 Å². The average molecular weight is 440 g/mol. The van der Waals surface area contributed by atoms with E-state index in [1.54, 1.807) is 11.8 Å². The molecule has 1 aromatic carbocycles. The maximum atomic E-state index is 13.2. The van der Waals surface area contributed by atoms with Crippen molar-refractivity contribution >= 4 is 17.7 Å². The number of carbonyl (C=O) groups excluding carboxylic acids is 3. The van der Waals surface area contributed by atoms with Crippen LogP contribution < -0.4 is 0 Å². The molecule has 2 heterocycles. The number of fused-ring (bicyclic) bond motifs is 1. The lowest BCUT2D eigenvalue weighted by molar-refractivity contribution is -0.139. The maximum absolute atomic E-state index is 13.2. The summed E-state index contributed by atoms with van der Waals surface area (Å²) in [5, 5.41) is 0. The molecule has 0 radical (unpaired) electrons. The van der Waals surface area contributed by atoms with Gasteiger partial charge in [-0.25, -0.2) is 0 Å². The van der Waals surface area contributed by atoms with E-state index in [1.807, 2.05) is 36.2 Å². The van der Waals surface area contributed by atoms with Crippen molar-refractivity contribution in [3.05, 3.63) is 35.4 Å². The van der Waals surface area contributed by atoms with Gasteiger partial charge in [0.1, 0.15) is 0 Å². The molecule has 1 saturated carbocycles. The number of hydrogen-bond donors (Lipinski definition) is 0. The summed E-state index contributed by atoms with van der Waals surface area (Å²) in [5.41, 5.74) is 1.79. The fraction of sp³-hybridized carbons (Fsp3) is 0.654. The van der Waals surface area contributed by atoms with Gasteiger partial charge in [0.15, 0.2) is 0 Å². The van der Waals surface area contributed by atoms with Crippen molar-refractivity contribution in [2.75, 3.05) is 26.7 Å². The Morgan fingerprint density at radius 2 is 1.56 bits per heavy atom. The molecule has 32 heavy (non-hydrogen) atoms. The van der Waals surface area contributed by atoms with Crippen molar-refractivity contribution in [3.63, 3.8) is 0 Å². The summed E-state index contributed by atoms with van der Waals surface area (Å²) < 4.78 is 0. The molecule has 4 rings (SSSR count). The fourth-order valence-corrected chi connectivity index (χ4v) is 5.90. The minimum Gasteiger partial charge on any atom is -0.343 e. The van der Waals surface area contributed by atoms with E-state index in [1.165, 1.54) is 25.7 Å². The first-order chi connectivity index (χ1) is 15.4. The van der Waals surface area contributed by atoms with Crippen LogP contribution in [-0.4, -0.2) is 65.1 Å². The lowest BCUT2D eigenvalue weighted by Crippen LogP contribution is -2.49. The van der Waals surface area contributed by atoms with Gasteiger partial charge >= 0.3 is 0 Å². The Morgan fingerprint density at radius 3 is 2.25 bits per heavy atom. The van der Waals surface area contributed by atoms with Gasteiger partial charge in [-0.05, 0) is 62.1 Å². The Kier molecular flexibility index (Phi) is 7.17. The van der Waals surface area contributed by atoms with Crippen molar-refractivity contribution < 1.29 is 14.4 Å². The molecule has 3 fully saturated rings. The van der Waals surface area contributed by atoms with Crippen LogP contribution in [0.5, 0.6) is 0 Å². The Balaban J connectivity index is 1.33. The smallest absolute Gasteiger partial charge is 0.254 e. The van der Waals surface area contributed by atoms with E-state index < -0.39 is 0 Å². The van der Waals surface area contributed by atoms with Gasteiger partial charge in [-0.15, -0.1) is 0 Å². The van der Waals surface area contributed by atoms with Crippen LogP contribution in [0.3, 0.4) is 0 Å². The van der Waals surface area contributed by atoms with E-state index in [0.29, 0.717) is 31.6 Å². The van der Waals surface area contributed by atoms with E-state index in [-0.39, 0.29) is 23.6 Å². The zero-order valence-corrected chi connectivity index (χ0v) is 19.6. The first-order valence-electron chi connectivity index (χ1n) is 12.3. The Hall–Kier alpha value is -2.37. The highest BCUT2D eigenvalue weighted by molar-refractivity contribution is 5.94. The van der Waals surface area contributed by atoms with Gasteiger partial charge < -0.3 is 14.7 Å². The topological polar surface area (TPSA) is 60.9 Å². The van der Waals surface area contributed by atoms with Gasteiger partial charge in [0, 0.05) is 57.7 Å². The molecule has 0 spiro atoms. The molecule has 2 aliphatic heterocycles. The van der Waals surface area contributed by atoms with E-state index in [9.17, 15) is 14.4 Å².